The first kappa shape index (κ1) is 33.9. The Morgan fingerprint density at radius 2 is 1.51 bits per heavy atom. The van der Waals surface area contributed by atoms with E-state index in [9.17, 15) is 4.79 Å². The number of aromatic nitrogens is 1. The summed E-state index contributed by atoms with van der Waals surface area (Å²) < 4.78 is 7.86. The number of aryl methyl sites for hydroxylation is 1. The van der Waals surface area contributed by atoms with E-state index in [-0.39, 0.29) is 59.2 Å². The molecule has 0 saturated heterocycles. The Bertz CT molecular complexity index is 1720. The third-order valence-corrected chi connectivity index (χ3v) is 13.0. The molecule has 1 aromatic heterocycles. The Morgan fingerprint density at radius 1 is 0.800 bits per heavy atom. The van der Waals surface area contributed by atoms with E-state index < -0.39 is 0 Å². The van der Waals surface area contributed by atoms with Crippen molar-refractivity contribution < 1.29 is 33.3 Å². The van der Waals surface area contributed by atoms with Crippen LogP contribution in [0.1, 0.15) is 69.8 Å². The minimum absolute atomic E-state index is 0. The van der Waals surface area contributed by atoms with E-state index in [2.05, 4.69) is 101 Å². The molecule has 0 amide bonds. The van der Waals surface area contributed by atoms with Crippen LogP contribution in [0.2, 0.25) is 0 Å². The molecule has 0 radical (unpaired) electrons. The number of Topliss-reactive ketones (excluding diaryl/α,β-unsaturated/α-hetero) is 1. The van der Waals surface area contributed by atoms with Crippen molar-refractivity contribution in [1.29, 1.82) is 0 Å². The van der Waals surface area contributed by atoms with Gasteiger partial charge in [-0.25, -0.2) is 0 Å². The number of unbranched alkanes of at least 4 members (excludes halogenated alkanes) is 6. The van der Waals surface area contributed by atoms with Crippen LogP contribution in [0.5, 0.6) is 0 Å². The molecule has 1 aliphatic carbocycles. The Kier molecular flexibility index (Phi) is 12.4. The van der Waals surface area contributed by atoms with Gasteiger partial charge in [0, 0.05) is 0 Å². The van der Waals surface area contributed by atoms with Gasteiger partial charge in [-0.15, -0.1) is 0 Å². The summed E-state index contributed by atoms with van der Waals surface area (Å²) in [5.74, 6) is 0.152. The second-order valence-electron chi connectivity index (χ2n) is 11.6. The van der Waals surface area contributed by atoms with Gasteiger partial charge in [0.05, 0.1) is 0 Å². The zero-order chi connectivity index (χ0) is 30.3. The number of carbonyl (C=O) groups is 1. The maximum absolute atomic E-state index is 14.0. The first-order valence-corrected chi connectivity index (χ1v) is 19.6. The summed E-state index contributed by atoms with van der Waals surface area (Å²) in [6, 6.07) is 27.8. The fraction of sp³-hybridized carbons (Fsp3) is 0.316. The number of hydrogen-bond donors (Lipinski definition) is 1. The number of para-hydroxylation sites is 3. The van der Waals surface area contributed by atoms with Crippen LogP contribution in [-0.2, 0) is 11.3 Å². The van der Waals surface area contributed by atoms with E-state index in [0.29, 0.717) is 0 Å². The molecule has 0 unspecified atom stereocenters. The third kappa shape index (κ3) is 7.77. The van der Waals surface area contributed by atoms with Crippen LogP contribution >= 0.6 is 0 Å². The van der Waals surface area contributed by atoms with Crippen molar-refractivity contribution in [2.24, 2.45) is 0 Å². The molecular formula is C38H42IN3OSe2. The van der Waals surface area contributed by atoms with Crippen LogP contribution in [0.15, 0.2) is 106 Å². The fourth-order valence-electron chi connectivity index (χ4n) is 5.95. The monoisotopic (exact) mass is 843 g/mol. The van der Waals surface area contributed by atoms with Gasteiger partial charge in [-0.3, -0.25) is 0 Å². The smallest absolute Gasteiger partial charge is 1.00 e. The minimum Gasteiger partial charge on any atom is -1.00 e. The average Bonchev–Trinajstić information content (AvgIpc) is 3.59. The van der Waals surface area contributed by atoms with Crippen molar-refractivity contribution in [2.45, 2.75) is 71.8 Å². The summed E-state index contributed by atoms with van der Waals surface area (Å²) in [7, 11) is 0. The summed E-state index contributed by atoms with van der Waals surface area (Å²) in [6.45, 7) is 6.52. The van der Waals surface area contributed by atoms with Gasteiger partial charge in [-0.05, 0) is 0 Å². The molecular weight excluding hydrogens is 799 g/mol. The van der Waals surface area contributed by atoms with Gasteiger partial charge in [0.1, 0.15) is 0 Å². The number of rotatable bonds is 14. The first-order chi connectivity index (χ1) is 21.7. The molecule has 4 nitrogen and oxygen atoms in total. The number of allylic oxidation sites excluding steroid dienone is 3. The van der Waals surface area contributed by atoms with Crippen molar-refractivity contribution in [3.05, 3.63) is 111 Å². The molecule has 2 aliphatic rings. The SMILES string of the molecule is CCCCCCN1/C(=C/C2=C(Nc3ccccc3)C(=C/c3[se]c4ccccc4[n+]3CCCCCC)/C2=O)[Se]c2ccccc21.[I-]. The predicted molar refractivity (Wildman–Crippen MR) is 187 cm³/mol. The number of carbonyl (C=O) groups excluding carboxylic acids is 1. The first-order valence-electron chi connectivity index (χ1n) is 16.2. The zero-order valence-corrected chi connectivity index (χ0v) is 31.8. The van der Waals surface area contributed by atoms with Gasteiger partial charge in [0.15, 0.2) is 0 Å². The summed E-state index contributed by atoms with van der Waals surface area (Å²) >= 11 is 0.346. The molecule has 234 valence electrons. The molecule has 0 spiro atoms. The number of nitrogens with one attached hydrogen (secondary N) is 1. The molecule has 2 heterocycles. The molecule has 0 fully saturated rings. The largest absolute Gasteiger partial charge is 1.00 e. The van der Waals surface area contributed by atoms with E-state index in [4.69, 9.17) is 0 Å². The Hall–Kier alpha value is -2.41. The van der Waals surface area contributed by atoms with Crippen molar-refractivity contribution >= 4 is 66.9 Å². The molecule has 1 N–H and O–H groups in total. The summed E-state index contributed by atoms with van der Waals surface area (Å²) in [5.41, 5.74) is 6.21. The quantitative estimate of drug-likeness (QED) is 0.0675. The normalized spacial score (nSPS) is 16.0. The standard InChI is InChI=1S/C38H41N3OSe2.HI/c1-3-5-7-16-24-40-31-20-12-14-22-33(31)43-35(40)26-29-37(39-28-18-10-9-11-19-28)30(38(29)42)27-36-41(25-17-8-6-4-2)32-21-13-15-23-34(32)44-36;/h9-15,18-23,26-27H,3-8,16-17,24-25H2,1-2H3;1H. The molecule has 0 bridgehead atoms. The minimum atomic E-state index is 0. The van der Waals surface area contributed by atoms with Gasteiger partial charge in [-0.2, -0.15) is 0 Å². The topological polar surface area (TPSA) is 36.2 Å². The van der Waals surface area contributed by atoms with Crippen LogP contribution in [-0.4, -0.2) is 41.8 Å². The third-order valence-electron chi connectivity index (χ3n) is 8.35. The zero-order valence-electron chi connectivity index (χ0n) is 26.2. The number of halogens is 1. The number of nitrogens with zero attached hydrogens (tertiary/aromatic N) is 2. The van der Waals surface area contributed by atoms with Crippen LogP contribution in [0.4, 0.5) is 11.4 Å². The van der Waals surface area contributed by atoms with Crippen LogP contribution in [0.25, 0.3) is 15.9 Å². The number of fused-ring (bicyclic) bond motifs is 2. The molecule has 7 heteroatoms. The van der Waals surface area contributed by atoms with Gasteiger partial charge in [0.25, 0.3) is 0 Å². The number of anilines is 2. The molecule has 0 atom stereocenters. The van der Waals surface area contributed by atoms with Crippen molar-refractivity contribution in [3.8, 4) is 0 Å². The van der Waals surface area contributed by atoms with Crippen LogP contribution < -0.4 is 43.2 Å². The van der Waals surface area contributed by atoms with E-state index in [0.717, 1.165) is 48.5 Å². The maximum Gasteiger partial charge on any atom is -1.00 e. The number of ketones is 1. The molecule has 4 aromatic rings. The Morgan fingerprint density at radius 3 is 2.31 bits per heavy atom. The van der Waals surface area contributed by atoms with E-state index in [1.807, 2.05) is 18.2 Å². The van der Waals surface area contributed by atoms with Crippen molar-refractivity contribution in [1.82, 2.24) is 0 Å². The van der Waals surface area contributed by atoms with Gasteiger partial charge in [0.2, 0.25) is 0 Å². The Labute approximate surface area is 297 Å². The maximum atomic E-state index is 14.0. The molecule has 6 rings (SSSR count). The van der Waals surface area contributed by atoms with Crippen LogP contribution in [0.3, 0.4) is 0 Å². The fourth-order valence-corrected chi connectivity index (χ4v) is 10.7. The molecule has 0 saturated carbocycles. The summed E-state index contributed by atoms with van der Waals surface area (Å²) in [5, 5.41) is 3.66. The number of benzene rings is 3. The summed E-state index contributed by atoms with van der Waals surface area (Å²) in [6.07, 6.45) is 14.2. The van der Waals surface area contributed by atoms with Gasteiger partial charge in [-0.1, -0.05) is 0 Å². The number of hydrogen-bond acceptors (Lipinski definition) is 3. The second-order valence-corrected chi connectivity index (χ2v) is 16.0. The van der Waals surface area contributed by atoms with E-state index in [1.165, 1.54) is 67.6 Å². The van der Waals surface area contributed by atoms with Gasteiger partial charge >= 0.3 is 276 Å². The molecule has 3 aromatic carbocycles. The van der Waals surface area contributed by atoms with E-state index in [1.54, 1.807) is 0 Å². The van der Waals surface area contributed by atoms with Crippen molar-refractivity contribution in [3.63, 3.8) is 0 Å². The van der Waals surface area contributed by atoms with E-state index >= 15 is 0 Å². The van der Waals surface area contributed by atoms with Gasteiger partial charge < -0.3 is 24.0 Å². The second kappa shape index (κ2) is 16.4. The molecule has 1 aliphatic heterocycles. The summed E-state index contributed by atoms with van der Waals surface area (Å²) in [4.78, 5) is 16.5. The van der Waals surface area contributed by atoms with Crippen LogP contribution in [0, 0.1) is 0 Å². The Balaban J connectivity index is 0.00000400. The van der Waals surface area contributed by atoms with Crippen molar-refractivity contribution in [2.75, 3.05) is 16.8 Å². The average molecular weight is 842 g/mol. The predicted octanol–water partition coefficient (Wildman–Crippen LogP) is 4.37. The molecule has 45 heavy (non-hydrogen) atoms.